The third kappa shape index (κ3) is 4.75. The van der Waals surface area contributed by atoms with Crippen LogP contribution in [0.5, 0.6) is 17.2 Å². The van der Waals surface area contributed by atoms with Crippen LogP contribution in [0.15, 0.2) is 42.5 Å². The highest BCUT2D eigenvalue weighted by atomic mass is 16.5. The van der Waals surface area contributed by atoms with Crippen LogP contribution in [0.2, 0.25) is 0 Å². The van der Waals surface area contributed by atoms with Crippen LogP contribution in [0, 0.1) is 0 Å². The Bertz CT molecular complexity index is 744. The smallest absolute Gasteiger partial charge is 0.339 e. The molecule has 1 atom stereocenters. The highest BCUT2D eigenvalue weighted by Gasteiger charge is 2.21. The largest absolute Gasteiger partial charge is 0.497 e. The second-order valence-corrected chi connectivity index (χ2v) is 5.47. The molecule has 26 heavy (non-hydrogen) atoms. The van der Waals surface area contributed by atoms with E-state index in [-0.39, 0.29) is 11.3 Å². The Morgan fingerprint density at radius 1 is 0.885 bits per heavy atom. The summed E-state index contributed by atoms with van der Waals surface area (Å²) in [5, 5.41) is 0. The van der Waals surface area contributed by atoms with Crippen LogP contribution >= 0.6 is 0 Å². The van der Waals surface area contributed by atoms with Gasteiger partial charge in [-0.3, -0.25) is 4.79 Å². The van der Waals surface area contributed by atoms with E-state index in [1.165, 1.54) is 33.3 Å². The molecule has 0 N–H and O–H groups in total. The van der Waals surface area contributed by atoms with Gasteiger partial charge in [0.1, 0.15) is 17.2 Å². The molecule has 0 aliphatic heterocycles. The molecule has 0 aliphatic carbocycles. The molecule has 0 unspecified atom stereocenters. The van der Waals surface area contributed by atoms with Crippen LogP contribution in [-0.2, 0) is 4.74 Å². The summed E-state index contributed by atoms with van der Waals surface area (Å²) in [5.41, 5.74) is 0.685. The Hall–Kier alpha value is -3.02. The third-order valence-electron chi connectivity index (χ3n) is 3.69. The number of rotatable bonds is 8. The SMILES string of the molecule is CCOc1ccc(C(=O)[C@H](C)OC(=O)c2cc(OC)cc(OC)c2)cc1. The van der Waals surface area contributed by atoms with E-state index in [9.17, 15) is 9.59 Å². The molecule has 6 heteroatoms. The summed E-state index contributed by atoms with van der Waals surface area (Å²) in [5.74, 6) is 0.672. The Morgan fingerprint density at radius 2 is 1.46 bits per heavy atom. The van der Waals surface area contributed by atoms with Crippen LogP contribution in [0.4, 0.5) is 0 Å². The van der Waals surface area contributed by atoms with Crippen molar-refractivity contribution >= 4 is 11.8 Å². The average molecular weight is 358 g/mol. The lowest BCUT2D eigenvalue weighted by Crippen LogP contribution is -2.24. The van der Waals surface area contributed by atoms with Gasteiger partial charge in [-0.2, -0.15) is 0 Å². The van der Waals surface area contributed by atoms with Crippen molar-refractivity contribution in [3.63, 3.8) is 0 Å². The van der Waals surface area contributed by atoms with Gasteiger partial charge in [0.15, 0.2) is 6.10 Å². The maximum absolute atomic E-state index is 12.5. The fourth-order valence-corrected chi connectivity index (χ4v) is 2.32. The zero-order valence-electron chi connectivity index (χ0n) is 15.3. The Kier molecular flexibility index (Phi) is 6.60. The van der Waals surface area contributed by atoms with E-state index in [0.29, 0.717) is 29.4 Å². The minimum absolute atomic E-state index is 0.243. The summed E-state index contributed by atoms with van der Waals surface area (Å²) < 4.78 is 20.9. The van der Waals surface area contributed by atoms with Gasteiger partial charge >= 0.3 is 5.97 Å². The molecule has 2 rings (SSSR count). The van der Waals surface area contributed by atoms with Crippen molar-refractivity contribution in [3.05, 3.63) is 53.6 Å². The summed E-state index contributed by atoms with van der Waals surface area (Å²) in [7, 11) is 2.98. The fourth-order valence-electron chi connectivity index (χ4n) is 2.32. The van der Waals surface area contributed by atoms with Gasteiger partial charge < -0.3 is 18.9 Å². The van der Waals surface area contributed by atoms with E-state index in [2.05, 4.69) is 0 Å². The van der Waals surface area contributed by atoms with Crippen molar-refractivity contribution in [1.29, 1.82) is 0 Å². The number of benzene rings is 2. The first kappa shape index (κ1) is 19.3. The molecule has 0 heterocycles. The van der Waals surface area contributed by atoms with Gasteiger partial charge in [0.2, 0.25) is 5.78 Å². The fraction of sp³-hybridized carbons (Fsp3) is 0.300. The number of ether oxygens (including phenoxy) is 4. The molecule has 0 amide bonds. The lowest BCUT2D eigenvalue weighted by atomic mass is 10.1. The van der Waals surface area contributed by atoms with Gasteiger partial charge in [0.05, 0.1) is 26.4 Å². The third-order valence-corrected chi connectivity index (χ3v) is 3.69. The highest BCUT2D eigenvalue weighted by molar-refractivity contribution is 6.01. The monoisotopic (exact) mass is 358 g/mol. The first-order valence-electron chi connectivity index (χ1n) is 8.19. The number of hydrogen-bond donors (Lipinski definition) is 0. The van der Waals surface area contributed by atoms with Crippen molar-refractivity contribution in [2.75, 3.05) is 20.8 Å². The molecule has 2 aromatic rings. The van der Waals surface area contributed by atoms with Gasteiger partial charge in [-0.05, 0) is 50.2 Å². The first-order chi connectivity index (χ1) is 12.5. The molecule has 2 aromatic carbocycles. The molecule has 0 fully saturated rings. The molecule has 0 radical (unpaired) electrons. The first-order valence-corrected chi connectivity index (χ1v) is 8.19. The van der Waals surface area contributed by atoms with Crippen LogP contribution < -0.4 is 14.2 Å². The molecule has 0 saturated heterocycles. The molecule has 0 aliphatic rings. The Balaban J connectivity index is 2.09. The lowest BCUT2D eigenvalue weighted by molar-refractivity contribution is 0.0318. The average Bonchev–Trinajstić information content (AvgIpc) is 2.67. The van der Waals surface area contributed by atoms with Crippen LogP contribution in [0.25, 0.3) is 0 Å². The number of methoxy groups -OCH3 is 2. The number of Topliss-reactive ketones (excluding diaryl/α,β-unsaturated/α-hetero) is 1. The quantitative estimate of drug-likeness (QED) is 0.531. The zero-order valence-corrected chi connectivity index (χ0v) is 15.3. The number of esters is 1. The Labute approximate surface area is 152 Å². The van der Waals surface area contributed by atoms with Gasteiger partial charge in [-0.25, -0.2) is 4.79 Å². The molecule has 6 nitrogen and oxygen atoms in total. The molecule has 0 saturated carbocycles. The number of hydrogen-bond acceptors (Lipinski definition) is 6. The second-order valence-electron chi connectivity index (χ2n) is 5.47. The maximum Gasteiger partial charge on any atom is 0.339 e. The molecular weight excluding hydrogens is 336 g/mol. The van der Waals surface area contributed by atoms with Crippen LogP contribution in [0.3, 0.4) is 0 Å². The molecular formula is C20H22O6. The highest BCUT2D eigenvalue weighted by Crippen LogP contribution is 2.23. The van der Waals surface area contributed by atoms with E-state index < -0.39 is 12.1 Å². The van der Waals surface area contributed by atoms with Crippen molar-refractivity contribution < 1.29 is 28.5 Å². The van der Waals surface area contributed by atoms with Gasteiger partial charge in [0.25, 0.3) is 0 Å². The van der Waals surface area contributed by atoms with Crippen molar-refractivity contribution in [2.45, 2.75) is 20.0 Å². The van der Waals surface area contributed by atoms with E-state index in [0.717, 1.165) is 0 Å². The maximum atomic E-state index is 12.5. The van der Waals surface area contributed by atoms with Gasteiger partial charge in [-0.15, -0.1) is 0 Å². The predicted octanol–water partition coefficient (Wildman–Crippen LogP) is 3.53. The normalized spacial score (nSPS) is 11.4. The minimum Gasteiger partial charge on any atom is -0.497 e. The molecule has 0 bridgehead atoms. The molecule has 0 aromatic heterocycles. The summed E-state index contributed by atoms with van der Waals surface area (Å²) >= 11 is 0. The summed E-state index contributed by atoms with van der Waals surface area (Å²) in [6.07, 6.45) is -0.933. The lowest BCUT2D eigenvalue weighted by Gasteiger charge is -2.14. The van der Waals surface area contributed by atoms with Gasteiger partial charge in [-0.1, -0.05) is 0 Å². The summed E-state index contributed by atoms with van der Waals surface area (Å²) in [6.45, 7) is 3.97. The number of carbonyl (C=O) groups excluding carboxylic acids is 2. The topological polar surface area (TPSA) is 71.1 Å². The standard InChI is InChI=1S/C20H22O6/c1-5-25-16-8-6-14(7-9-16)19(21)13(2)26-20(22)15-10-17(23-3)12-18(11-15)24-4/h6-13H,5H2,1-4H3/t13-/m0/s1. The van der Waals surface area contributed by atoms with Crippen LogP contribution in [0.1, 0.15) is 34.6 Å². The van der Waals surface area contributed by atoms with Crippen molar-refractivity contribution in [2.24, 2.45) is 0 Å². The predicted molar refractivity (Wildman–Crippen MR) is 96.4 cm³/mol. The van der Waals surface area contributed by atoms with Crippen molar-refractivity contribution in [3.8, 4) is 17.2 Å². The van der Waals surface area contributed by atoms with E-state index >= 15 is 0 Å². The zero-order chi connectivity index (χ0) is 19.1. The summed E-state index contributed by atoms with van der Waals surface area (Å²) in [4.78, 5) is 24.8. The van der Waals surface area contributed by atoms with Gasteiger partial charge in [0, 0.05) is 11.6 Å². The number of carbonyl (C=O) groups is 2. The van der Waals surface area contributed by atoms with E-state index in [4.69, 9.17) is 18.9 Å². The molecule has 0 spiro atoms. The van der Waals surface area contributed by atoms with Crippen molar-refractivity contribution in [1.82, 2.24) is 0 Å². The van der Waals surface area contributed by atoms with E-state index in [1.807, 2.05) is 6.92 Å². The minimum atomic E-state index is -0.933. The van der Waals surface area contributed by atoms with E-state index in [1.54, 1.807) is 30.3 Å². The summed E-state index contributed by atoms with van der Waals surface area (Å²) in [6, 6.07) is 11.4. The van der Waals surface area contributed by atoms with Crippen LogP contribution in [-0.4, -0.2) is 38.7 Å². The Morgan fingerprint density at radius 3 is 1.96 bits per heavy atom. The number of ketones is 1. The molecule has 138 valence electrons. The second kappa shape index (κ2) is 8.89.